The molecule has 0 rings (SSSR count). The molecule has 4 nitrogen and oxygen atoms in total. The van der Waals surface area contributed by atoms with Crippen molar-refractivity contribution in [3.63, 3.8) is 0 Å². The molecule has 0 aromatic rings. The second-order valence-corrected chi connectivity index (χ2v) is 3.69. The molecule has 0 aromatic carbocycles. The Morgan fingerprint density at radius 3 is 2.33 bits per heavy atom. The first-order chi connectivity index (χ1) is 5.40. The molecule has 4 heteroatoms. The second-order valence-electron chi connectivity index (χ2n) is 3.69. The predicted molar refractivity (Wildman–Crippen MR) is 49.8 cm³/mol. The number of nitrogens with zero attached hydrogens (tertiary/aromatic N) is 1. The number of carbonyl (C=O) groups excluding carboxylic acids is 1. The Kier molecular flexibility index (Phi) is 4.20. The van der Waals surface area contributed by atoms with Gasteiger partial charge in [0.05, 0.1) is 6.54 Å². The summed E-state index contributed by atoms with van der Waals surface area (Å²) >= 11 is 0. The minimum atomic E-state index is -0.107. The monoisotopic (exact) mass is 173 g/mol. The Morgan fingerprint density at radius 2 is 2.00 bits per heavy atom. The van der Waals surface area contributed by atoms with Crippen LogP contribution in [0.15, 0.2) is 0 Å². The number of hydrogen-bond acceptors (Lipinski definition) is 3. The van der Waals surface area contributed by atoms with Crippen molar-refractivity contribution in [3.8, 4) is 0 Å². The van der Waals surface area contributed by atoms with Crippen molar-refractivity contribution < 1.29 is 4.79 Å². The number of carbonyl (C=O) groups is 1. The molecule has 0 bridgehead atoms. The highest BCUT2D eigenvalue weighted by atomic mass is 16.1. The molecule has 0 aliphatic heterocycles. The molecule has 72 valence electrons. The molecule has 0 radical (unpaired) electrons. The Hall–Kier alpha value is -0.610. The summed E-state index contributed by atoms with van der Waals surface area (Å²) in [6.45, 7) is 4.80. The van der Waals surface area contributed by atoms with E-state index in [1.165, 1.54) is 0 Å². The summed E-state index contributed by atoms with van der Waals surface area (Å²) in [5.74, 6) is -0.107. The summed E-state index contributed by atoms with van der Waals surface area (Å²) in [6.07, 6.45) is 0. The SMILES string of the molecule is CN(C)C(C)(C)CNC(=O)CN. The molecule has 0 fully saturated rings. The van der Waals surface area contributed by atoms with Gasteiger partial charge < -0.3 is 16.0 Å². The van der Waals surface area contributed by atoms with Crippen molar-refractivity contribution >= 4 is 5.91 Å². The average Bonchev–Trinajstić information content (AvgIpc) is 2.00. The molecule has 0 aromatic heterocycles. The molecule has 12 heavy (non-hydrogen) atoms. The first-order valence-corrected chi connectivity index (χ1v) is 4.04. The smallest absolute Gasteiger partial charge is 0.233 e. The summed E-state index contributed by atoms with van der Waals surface area (Å²) in [5.41, 5.74) is 5.13. The van der Waals surface area contributed by atoms with Gasteiger partial charge in [0.2, 0.25) is 5.91 Å². The third kappa shape index (κ3) is 3.69. The maximum absolute atomic E-state index is 10.8. The van der Waals surface area contributed by atoms with Gasteiger partial charge in [-0.05, 0) is 27.9 Å². The molecule has 0 aliphatic rings. The van der Waals surface area contributed by atoms with Gasteiger partial charge in [0.15, 0.2) is 0 Å². The quantitative estimate of drug-likeness (QED) is 0.597. The van der Waals surface area contributed by atoms with Crippen molar-refractivity contribution in [2.45, 2.75) is 19.4 Å². The summed E-state index contributed by atoms with van der Waals surface area (Å²) in [6, 6.07) is 0. The Balaban J connectivity index is 3.83. The fourth-order valence-corrected chi connectivity index (χ4v) is 0.545. The number of hydrogen-bond donors (Lipinski definition) is 2. The van der Waals surface area contributed by atoms with Crippen LogP contribution in [0, 0.1) is 0 Å². The fourth-order valence-electron chi connectivity index (χ4n) is 0.545. The second kappa shape index (κ2) is 4.42. The number of likely N-dealkylation sites (N-methyl/N-ethyl adjacent to an activating group) is 1. The van der Waals surface area contributed by atoms with E-state index < -0.39 is 0 Å². The Bertz CT molecular complexity index is 154. The molecule has 0 spiro atoms. The third-order valence-corrected chi connectivity index (χ3v) is 2.11. The minimum Gasteiger partial charge on any atom is -0.353 e. The third-order valence-electron chi connectivity index (χ3n) is 2.11. The highest BCUT2D eigenvalue weighted by molar-refractivity contribution is 5.77. The molecule has 0 saturated heterocycles. The van der Waals surface area contributed by atoms with Crippen LogP contribution in [0.3, 0.4) is 0 Å². The van der Waals surface area contributed by atoms with Gasteiger partial charge in [0.25, 0.3) is 0 Å². The van der Waals surface area contributed by atoms with Crippen LogP contribution < -0.4 is 11.1 Å². The zero-order valence-corrected chi connectivity index (χ0v) is 8.35. The molecule has 1 amide bonds. The van der Waals surface area contributed by atoms with Crippen LogP contribution in [0.5, 0.6) is 0 Å². The van der Waals surface area contributed by atoms with E-state index in [9.17, 15) is 4.79 Å². The van der Waals surface area contributed by atoms with Gasteiger partial charge >= 0.3 is 0 Å². The minimum absolute atomic E-state index is 0.0230. The number of rotatable bonds is 4. The molecule has 0 atom stereocenters. The van der Waals surface area contributed by atoms with Crippen molar-refractivity contribution in [1.29, 1.82) is 0 Å². The van der Waals surface area contributed by atoms with E-state index in [-0.39, 0.29) is 18.0 Å². The maximum atomic E-state index is 10.8. The molecule has 0 aliphatic carbocycles. The van der Waals surface area contributed by atoms with Crippen LogP contribution in [0.25, 0.3) is 0 Å². The van der Waals surface area contributed by atoms with Gasteiger partial charge in [0.1, 0.15) is 0 Å². The lowest BCUT2D eigenvalue weighted by Gasteiger charge is -2.32. The van der Waals surface area contributed by atoms with Crippen LogP contribution >= 0.6 is 0 Å². The van der Waals surface area contributed by atoms with Gasteiger partial charge in [-0.1, -0.05) is 0 Å². The normalized spacial score (nSPS) is 11.8. The van der Waals surface area contributed by atoms with E-state index in [2.05, 4.69) is 24.1 Å². The average molecular weight is 173 g/mol. The molecule has 0 heterocycles. The summed E-state index contributed by atoms with van der Waals surface area (Å²) in [4.78, 5) is 12.9. The predicted octanol–water partition coefficient (Wildman–Crippen LogP) is -0.598. The van der Waals surface area contributed by atoms with Crippen molar-refractivity contribution in [3.05, 3.63) is 0 Å². The molecule has 0 unspecified atom stereocenters. The first-order valence-electron chi connectivity index (χ1n) is 4.04. The zero-order chi connectivity index (χ0) is 9.78. The topological polar surface area (TPSA) is 58.4 Å². The highest BCUT2D eigenvalue weighted by Crippen LogP contribution is 2.07. The van der Waals surface area contributed by atoms with E-state index >= 15 is 0 Å². The van der Waals surface area contributed by atoms with Gasteiger partial charge in [-0.25, -0.2) is 0 Å². The lowest BCUT2D eigenvalue weighted by Crippen LogP contribution is -2.49. The number of nitrogens with one attached hydrogen (secondary N) is 1. The first kappa shape index (κ1) is 11.4. The van der Waals surface area contributed by atoms with Gasteiger partial charge in [0, 0.05) is 12.1 Å². The van der Waals surface area contributed by atoms with E-state index in [0.717, 1.165) is 0 Å². The van der Waals surface area contributed by atoms with E-state index in [1.54, 1.807) is 0 Å². The number of nitrogens with two attached hydrogens (primary N) is 1. The lowest BCUT2D eigenvalue weighted by molar-refractivity contribution is -0.120. The van der Waals surface area contributed by atoms with E-state index in [0.29, 0.717) is 6.54 Å². The largest absolute Gasteiger partial charge is 0.353 e. The Morgan fingerprint density at radius 1 is 1.50 bits per heavy atom. The molecule has 3 N–H and O–H groups in total. The highest BCUT2D eigenvalue weighted by Gasteiger charge is 2.20. The summed E-state index contributed by atoms with van der Waals surface area (Å²) in [5, 5.41) is 2.75. The summed E-state index contributed by atoms with van der Waals surface area (Å²) in [7, 11) is 3.96. The van der Waals surface area contributed by atoms with Gasteiger partial charge in [-0.3, -0.25) is 4.79 Å². The van der Waals surface area contributed by atoms with Gasteiger partial charge in [-0.15, -0.1) is 0 Å². The van der Waals surface area contributed by atoms with Crippen molar-refractivity contribution in [2.24, 2.45) is 5.73 Å². The van der Waals surface area contributed by atoms with Crippen LogP contribution in [-0.4, -0.2) is 43.5 Å². The van der Waals surface area contributed by atoms with Crippen molar-refractivity contribution in [2.75, 3.05) is 27.2 Å². The standard InChI is InChI=1S/C8H19N3O/c1-8(2,11(3)4)6-10-7(12)5-9/h5-6,9H2,1-4H3,(H,10,12). The van der Waals surface area contributed by atoms with Crippen LogP contribution in [-0.2, 0) is 4.79 Å². The zero-order valence-electron chi connectivity index (χ0n) is 8.35. The van der Waals surface area contributed by atoms with Crippen LogP contribution in [0.1, 0.15) is 13.8 Å². The molecular formula is C8H19N3O. The Labute approximate surface area is 74.1 Å². The van der Waals surface area contributed by atoms with Crippen LogP contribution in [0.4, 0.5) is 0 Å². The molecule has 0 saturated carbocycles. The molecular weight excluding hydrogens is 154 g/mol. The fraction of sp³-hybridized carbons (Fsp3) is 0.875. The van der Waals surface area contributed by atoms with E-state index in [4.69, 9.17) is 5.73 Å². The maximum Gasteiger partial charge on any atom is 0.233 e. The van der Waals surface area contributed by atoms with Gasteiger partial charge in [-0.2, -0.15) is 0 Å². The van der Waals surface area contributed by atoms with Crippen molar-refractivity contribution in [1.82, 2.24) is 10.2 Å². The number of amides is 1. The van der Waals surface area contributed by atoms with Crippen LogP contribution in [0.2, 0.25) is 0 Å². The van der Waals surface area contributed by atoms with E-state index in [1.807, 2.05) is 14.1 Å². The lowest BCUT2D eigenvalue weighted by atomic mass is 10.0. The summed E-state index contributed by atoms with van der Waals surface area (Å²) < 4.78 is 0.